The zero-order valence-corrected chi connectivity index (χ0v) is 13.2. The Morgan fingerprint density at radius 3 is 2.76 bits per heavy atom. The molecule has 5 rings (SSSR count). The van der Waals surface area contributed by atoms with Crippen molar-refractivity contribution in [2.75, 3.05) is 32.7 Å². The molecular formula is C17H26N3O+. The van der Waals surface area contributed by atoms with Crippen LogP contribution in [-0.2, 0) is 6.42 Å². The molecule has 2 bridgehead atoms. The highest BCUT2D eigenvalue weighted by atomic mass is 16.5. The molecule has 5 heterocycles. The van der Waals surface area contributed by atoms with Crippen molar-refractivity contribution in [2.45, 2.75) is 38.7 Å². The molecule has 1 spiro atoms. The molecule has 0 amide bonds. The Kier molecular flexibility index (Phi) is 3.02. The average molecular weight is 288 g/mol. The largest absolute Gasteiger partial charge is 0.464 e. The Morgan fingerprint density at radius 2 is 2.10 bits per heavy atom. The molecule has 0 saturated carbocycles. The van der Waals surface area contributed by atoms with Crippen LogP contribution < -0.4 is 4.74 Å². The van der Waals surface area contributed by atoms with Crippen LogP contribution in [0.15, 0.2) is 18.3 Å². The van der Waals surface area contributed by atoms with Crippen molar-refractivity contribution in [3.8, 4) is 5.88 Å². The maximum absolute atomic E-state index is 6.48. The molecule has 3 fully saturated rings. The third-order valence-corrected chi connectivity index (χ3v) is 6.06. The fourth-order valence-corrected chi connectivity index (χ4v) is 5.08. The topological polar surface area (TPSA) is 25.4 Å². The molecule has 1 atom stereocenters. The first kappa shape index (κ1) is 13.5. The van der Waals surface area contributed by atoms with Crippen LogP contribution in [0.5, 0.6) is 5.88 Å². The number of fused-ring (bicyclic) bond motifs is 3. The summed E-state index contributed by atoms with van der Waals surface area (Å²) in [4.78, 5) is 4.46. The molecule has 4 heteroatoms. The van der Waals surface area contributed by atoms with Crippen LogP contribution in [-0.4, -0.2) is 52.9 Å². The molecule has 0 aromatic carbocycles. The van der Waals surface area contributed by atoms with Gasteiger partial charge in [-0.25, -0.2) is 9.58 Å². The molecule has 1 aromatic heterocycles. The lowest BCUT2D eigenvalue weighted by atomic mass is 9.72. The monoisotopic (exact) mass is 288 g/mol. The van der Waals surface area contributed by atoms with Gasteiger partial charge in [0.2, 0.25) is 5.88 Å². The molecule has 1 aromatic rings. The first-order chi connectivity index (χ1) is 10.2. The number of rotatable bonds is 3. The summed E-state index contributed by atoms with van der Waals surface area (Å²) >= 11 is 0. The summed E-state index contributed by atoms with van der Waals surface area (Å²) in [6.45, 7) is 10.6. The van der Waals surface area contributed by atoms with Crippen molar-refractivity contribution in [3.05, 3.63) is 23.9 Å². The minimum absolute atomic E-state index is 0.00970. The predicted molar refractivity (Wildman–Crippen MR) is 81.8 cm³/mol. The van der Waals surface area contributed by atoms with Crippen LogP contribution in [0.25, 0.3) is 0 Å². The fourth-order valence-electron chi connectivity index (χ4n) is 5.08. The molecule has 1 unspecified atom stereocenters. The van der Waals surface area contributed by atoms with E-state index in [0.717, 1.165) is 36.5 Å². The van der Waals surface area contributed by atoms with E-state index in [-0.39, 0.29) is 5.60 Å². The Balaban J connectivity index is 1.67. The molecule has 4 nitrogen and oxygen atoms in total. The van der Waals surface area contributed by atoms with Gasteiger partial charge in [-0.2, -0.15) is 5.01 Å². The molecule has 4 aliphatic heterocycles. The number of nitrogens with zero attached hydrogens (tertiary/aromatic N) is 3. The average Bonchev–Trinajstić information content (AvgIpc) is 2.86. The van der Waals surface area contributed by atoms with Gasteiger partial charge in [-0.1, -0.05) is 6.07 Å². The summed E-state index contributed by atoms with van der Waals surface area (Å²) < 4.78 is 7.62. The number of piperidine rings is 3. The van der Waals surface area contributed by atoms with Gasteiger partial charge in [0.1, 0.15) is 6.54 Å². The fraction of sp³-hybridized carbons (Fsp3) is 0.706. The van der Waals surface area contributed by atoms with E-state index in [4.69, 9.17) is 4.74 Å². The summed E-state index contributed by atoms with van der Waals surface area (Å²) in [5, 5.41) is 2.64. The molecule has 4 aliphatic rings. The SMILES string of the molecule is CCN(CC)[N+]12CCC(CC1)C1(Cc3cccnc3O1)C2. The van der Waals surface area contributed by atoms with Gasteiger partial charge in [0.15, 0.2) is 5.60 Å². The number of aromatic nitrogens is 1. The first-order valence-corrected chi connectivity index (χ1v) is 8.46. The molecule has 0 radical (unpaired) electrons. The van der Waals surface area contributed by atoms with E-state index in [0.29, 0.717) is 5.92 Å². The normalized spacial score (nSPS) is 37.0. The standard InChI is InChI=1S/C17H26N3O/c1-3-19(4-2)20-10-7-15(8-11-20)17(13-20)12-14-6-5-9-18-16(14)21-17/h5-6,9,15H,3-4,7-8,10-13H2,1-2H3/q+1. The van der Waals surface area contributed by atoms with Crippen molar-refractivity contribution in [2.24, 2.45) is 5.92 Å². The third-order valence-electron chi connectivity index (χ3n) is 6.06. The lowest BCUT2D eigenvalue weighted by Gasteiger charge is -2.58. The highest BCUT2D eigenvalue weighted by molar-refractivity contribution is 5.33. The summed E-state index contributed by atoms with van der Waals surface area (Å²) in [7, 11) is 0. The van der Waals surface area contributed by atoms with Gasteiger partial charge in [0, 0.05) is 50.0 Å². The zero-order chi connectivity index (χ0) is 14.5. The summed E-state index contributed by atoms with van der Waals surface area (Å²) in [6.07, 6.45) is 5.50. The summed E-state index contributed by atoms with van der Waals surface area (Å²) in [5.74, 6) is 1.60. The number of quaternary nitrogens is 1. The molecular weight excluding hydrogens is 262 g/mol. The second-order valence-corrected chi connectivity index (χ2v) is 6.92. The van der Waals surface area contributed by atoms with Crippen LogP contribution >= 0.6 is 0 Å². The second kappa shape index (κ2) is 4.68. The molecule has 21 heavy (non-hydrogen) atoms. The van der Waals surface area contributed by atoms with E-state index in [1.807, 2.05) is 12.3 Å². The highest BCUT2D eigenvalue weighted by Gasteiger charge is 2.61. The van der Waals surface area contributed by atoms with Crippen LogP contribution in [0, 0.1) is 5.92 Å². The second-order valence-electron chi connectivity index (χ2n) is 6.92. The minimum Gasteiger partial charge on any atom is -0.464 e. The molecule has 0 aliphatic carbocycles. The number of pyridine rings is 1. The van der Waals surface area contributed by atoms with Crippen molar-refractivity contribution in [1.29, 1.82) is 0 Å². The number of hydrogen-bond donors (Lipinski definition) is 0. The Bertz CT molecular complexity index is 508. The van der Waals surface area contributed by atoms with E-state index >= 15 is 0 Å². The van der Waals surface area contributed by atoms with Gasteiger partial charge >= 0.3 is 0 Å². The third kappa shape index (κ3) is 1.85. The van der Waals surface area contributed by atoms with Gasteiger partial charge < -0.3 is 4.74 Å². The van der Waals surface area contributed by atoms with E-state index in [1.165, 1.54) is 31.5 Å². The van der Waals surface area contributed by atoms with E-state index in [2.05, 4.69) is 29.9 Å². The quantitative estimate of drug-likeness (QED) is 0.798. The Hall–Kier alpha value is -1.13. The van der Waals surface area contributed by atoms with Gasteiger partial charge in [0.25, 0.3) is 0 Å². The highest BCUT2D eigenvalue weighted by Crippen LogP contribution is 2.49. The Morgan fingerprint density at radius 1 is 1.33 bits per heavy atom. The minimum atomic E-state index is 0.00970. The van der Waals surface area contributed by atoms with Gasteiger partial charge in [0.05, 0.1) is 13.1 Å². The predicted octanol–water partition coefficient (Wildman–Crippen LogP) is 2.25. The van der Waals surface area contributed by atoms with Crippen LogP contribution in [0.1, 0.15) is 32.3 Å². The zero-order valence-electron chi connectivity index (χ0n) is 13.2. The summed E-state index contributed by atoms with van der Waals surface area (Å²) in [6, 6.07) is 4.23. The van der Waals surface area contributed by atoms with Gasteiger partial charge in [-0.3, -0.25) is 0 Å². The van der Waals surface area contributed by atoms with Crippen LogP contribution in [0.4, 0.5) is 0 Å². The van der Waals surface area contributed by atoms with E-state index in [1.54, 1.807) is 0 Å². The van der Waals surface area contributed by atoms with Crippen LogP contribution in [0.3, 0.4) is 0 Å². The lowest BCUT2D eigenvalue weighted by molar-refractivity contribution is -1.05. The lowest BCUT2D eigenvalue weighted by Crippen LogP contribution is -2.75. The van der Waals surface area contributed by atoms with Crippen molar-refractivity contribution >= 4 is 0 Å². The van der Waals surface area contributed by atoms with Gasteiger partial charge in [-0.15, -0.1) is 0 Å². The molecule has 3 saturated heterocycles. The number of hydrogen-bond acceptors (Lipinski definition) is 3. The Labute approximate surface area is 127 Å². The smallest absolute Gasteiger partial charge is 0.217 e. The number of ether oxygens (including phenoxy) is 1. The summed E-state index contributed by atoms with van der Waals surface area (Å²) in [5.41, 5.74) is 1.32. The molecule has 114 valence electrons. The van der Waals surface area contributed by atoms with Crippen molar-refractivity contribution in [1.82, 2.24) is 9.99 Å². The van der Waals surface area contributed by atoms with Crippen LogP contribution in [0.2, 0.25) is 0 Å². The maximum atomic E-state index is 6.48. The van der Waals surface area contributed by atoms with Crippen molar-refractivity contribution < 1.29 is 9.33 Å². The van der Waals surface area contributed by atoms with E-state index in [9.17, 15) is 0 Å². The first-order valence-electron chi connectivity index (χ1n) is 8.46. The van der Waals surface area contributed by atoms with E-state index < -0.39 is 0 Å². The molecule has 0 N–H and O–H groups in total. The van der Waals surface area contributed by atoms with Crippen molar-refractivity contribution in [3.63, 3.8) is 0 Å². The maximum Gasteiger partial charge on any atom is 0.217 e. The van der Waals surface area contributed by atoms with Gasteiger partial charge in [-0.05, 0) is 19.9 Å².